The number of pyridine rings is 1. The zero-order chi connectivity index (χ0) is 12.0. The van der Waals surface area contributed by atoms with E-state index in [4.69, 9.17) is 9.59 Å². The molecule has 5 heteroatoms. The highest BCUT2D eigenvalue weighted by Crippen LogP contribution is 2.21. The van der Waals surface area contributed by atoms with E-state index in [0.29, 0.717) is 12.3 Å². The molecule has 0 aliphatic carbocycles. The summed E-state index contributed by atoms with van der Waals surface area (Å²) < 4.78 is 0. The fourth-order valence-corrected chi connectivity index (χ4v) is 1.56. The Hall–Kier alpha value is -2.00. The van der Waals surface area contributed by atoms with Crippen LogP contribution in [0, 0.1) is 6.92 Å². The molecule has 1 aliphatic rings. The van der Waals surface area contributed by atoms with Crippen LogP contribution in [0.15, 0.2) is 18.3 Å². The summed E-state index contributed by atoms with van der Waals surface area (Å²) in [7, 11) is 0. The van der Waals surface area contributed by atoms with Gasteiger partial charge in [-0.1, -0.05) is 6.07 Å². The number of amides is 1. The Morgan fingerprint density at radius 2 is 2.12 bits per heavy atom. The van der Waals surface area contributed by atoms with Gasteiger partial charge in [-0.25, -0.2) is 0 Å². The van der Waals surface area contributed by atoms with Crippen molar-refractivity contribution in [3.05, 3.63) is 29.6 Å². The van der Waals surface area contributed by atoms with Gasteiger partial charge in [-0.3, -0.25) is 9.78 Å². The third-order valence-corrected chi connectivity index (χ3v) is 2.38. The molecule has 5 nitrogen and oxygen atoms in total. The van der Waals surface area contributed by atoms with Crippen molar-refractivity contribution in [2.75, 3.05) is 6.54 Å². The Kier molecular flexibility index (Phi) is 4.36. The second-order valence-electron chi connectivity index (χ2n) is 3.52. The van der Waals surface area contributed by atoms with Crippen molar-refractivity contribution in [3.8, 4) is 0 Å². The first-order valence-electron chi connectivity index (χ1n) is 4.86. The van der Waals surface area contributed by atoms with Crippen LogP contribution >= 0.6 is 0 Å². The summed E-state index contributed by atoms with van der Waals surface area (Å²) in [5, 5.41) is 2.82. The van der Waals surface area contributed by atoms with E-state index < -0.39 is 0 Å². The summed E-state index contributed by atoms with van der Waals surface area (Å²) in [6.07, 6.45) is 2.71. The number of aromatic nitrogens is 1. The summed E-state index contributed by atoms with van der Waals surface area (Å²) in [5.41, 5.74) is 2.17. The lowest BCUT2D eigenvalue weighted by Crippen LogP contribution is -2.13. The maximum Gasteiger partial charge on any atom is 0.373 e. The van der Waals surface area contributed by atoms with Gasteiger partial charge in [0.1, 0.15) is 0 Å². The molecule has 0 aromatic carbocycles. The number of aryl methyl sites for hydroxylation is 1. The Balaban J connectivity index is 0.000000386. The second kappa shape index (κ2) is 5.78. The molecule has 1 N–H and O–H groups in total. The lowest BCUT2D eigenvalue weighted by Gasteiger charge is -2.06. The van der Waals surface area contributed by atoms with Crippen LogP contribution in [0.3, 0.4) is 0 Å². The van der Waals surface area contributed by atoms with Crippen LogP contribution in [-0.2, 0) is 14.4 Å². The van der Waals surface area contributed by atoms with Crippen molar-refractivity contribution in [1.82, 2.24) is 10.3 Å². The largest absolute Gasteiger partial charge is 0.373 e. The molecule has 1 aromatic rings. The molecule has 0 saturated carbocycles. The van der Waals surface area contributed by atoms with Gasteiger partial charge in [0.15, 0.2) is 0 Å². The highest BCUT2D eigenvalue weighted by atomic mass is 16.2. The van der Waals surface area contributed by atoms with E-state index in [1.165, 1.54) is 0 Å². The van der Waals surface area contributed by atoms with Crippen molar-refractivity contribution >= 4 is 12.1 Å². The van der Waals surface area contributed by atoms with E-state index in [0.717, 1.165) is 17.8 Å². The molecule has 0 radical (unpaired) electrons. The van der Waals surface area contributed by atoms with Gasteiger partial charge >= 0.3 is 6.15 Å². The molecule has 0 bridgehead atoms. The molecule has 1 saturated heterocycles. The molecule has 16 heavy (non-hydrogen) atoms. The lowest BCUT2D eigenvalue weighted by atomic mass is 10.0. The minimum atomic E-state index is 0.144. The fraction of sp³-hybridized carbons (Fsp3) is 0.364. The molecule has 84 valence electrons. The van der Waals surface area contributed by atoms with Crippen molar-refractivity contribution in [2.24, 2.45) is 0 Å². The van der Waals surface area contributed by atoms with Crippen LogP contribution in [0.25, 0.3) is 0 Å². The maximum atomic E-state index is 11.0. The Labute approximate surface area is 92.9 Å². The quantitative estimate of drug-likeness (QED) is 0.743. The van der Waals surface area contributed by atoms with E-state index in [-0.39, 0.29) is 12.1 Å². The Morgan fingerprint density at radius 3 is 2.56 bits per heavy atom. The van der Waals surface area contributed by atoms with Crippen LogP contribution in [-0.4, -0.2) is 23.6 Å². The number of carbonyl (C=O) groups is 1. The van der Waals surface area contributed by atoms with Crippen LogP contribution < -0.4 is 5.32 Å². The molecule has 1 aliphatic heterocycles. The van der Waals surface area contributed by atoms with Crippen LogP contribution in [0.1, 0.15) is 23.6 Å². The molecule has 1 atom stereocenters. The first-order chi connectivity index (χ1) is 7.67. The Bertz CT molecular complexity index is 394. The predicted molar refractivity (Wildman–Crippen MR) is 54.3 cm³/mol. The minimum Gasteiger partial charge on any atom is -0.355 e. The van der Waals surface area contributed by atoms with E-state index in [2.05, 4.69) is 10.3 Å². The average molecular weight is 220 g/mol. The van der Waals surface area contributed by atoms with Gasteiger partial charge in [0.25, 0.3) is 0 Å². The third kappa shape index (κ3) is 3.29. The SMILES string of the molecule is Cc1ccc([C@@H]2CNC(=O)C2)cn1.O=C=O. The number of hydrogen-bond acceptors (Lipinski definition) is 4. The number of nitrogens with zero attached hydrogens (tertiary/aromatic N) is 1. The van der Waals surface area contributed by atoms with E-state index >= 15 is 0 Å². The minimum absolute atomic E-state index is 0.144. The van der Waals surface area contributed by atoms with Gasteiger partial charge in [-0.05, 0) is 18.6 Å². The predicted octanol–water partition coefficient (Wildman–Crippen LogP) is 0.410. The monoisotopic (exact) mass is 220 g/mol. The summed E-state index contributed by atoms with van der Waals surface area (Å²) in [6.45, 7) is 2.71. The molecule has 0 unspecified atom stereocenters. The number of carbonyl (C=O) groups excluding carboxylic acids is 3. The lowest BCUT2D eigenvalue weighted by molar-refractivity contribution is -0.191. The van der Waals surface area contributed by atoms with Gasteiger partial charge in [0.2, 0.25) is 5.91 Å². The van der Waals surface area contributed by atoms with Crippen molar-refractivity contribution < 1.29 is 14.4 Å². The average Bonchev–Trinajstić information content (AvgIpc) is 2.67. The normalized spacial score (nSPS) is 18.1. The number of hydrogen-bond donors (Lipinski definition) is 1. The highest BCUT2D eigenvalue weighted by molar-refractivity contribution is 5.79. The van der Waals surface area contributed by atoms with Gasteiger partial charge < -0.3 is 5.32 Å². The summed E-state index contributed by atoms with van der Waals surface area (Å²) in [4.78, 5) is 31.4. The van der Waals surface area contributed by atoms with Crippen molar-refractivity contribution in [2.45, 2.75) is 19.3 Å². The van der Waals surface area contributed by atoms with Crippen LogP contribution in [0.2, 0.25) is 0 Å². The molecule has 0 spiro atoms. The first-order valence-corrected chi connectivity index (χ1v) is 4.86. The van der Waals surface area contributed by atoms with E-state index in [9.17, 15) is 4.79 Å². The first kappa shape index (κ1) is 12.1. The van der Waals surface area contributed by atoms with Crippen LogP contribution in [0.5, 0.6) is 0 Å². The smallest absolute Gasteiger partial charge is 0.355 e. The number of rotatable bonds is 1. The van der Waals surface area contributed by atoms with Gasteiger partial charge in [-0.15, -0.1) is 0 Å². The van der Waals surface area contributed by atoms with Crippen LogP contribution in [0.4, 0.5) is 0 Å². The summed E-state index contributed by atoms with van der Waals surface area (Å²) in [5.74, 6) is 0.464. The number of nitrogens with one attached hydrogen (secondary N) is 1. The molecular weight excluding hydrogens is 208 g/mol. The third-order valence-electron chi connectivity index (χ3n) is 2.38. The molecule has 2 heterocycles. The molecule has 2 rings (SSSR count). The second-order valence-corrected chi connectivity index (χ2v) is 3.52. The topological polar surface area (TPSA) is 76.1 Å². The molecule has 1 amide bonds. The van der Waals surface area contributed by atoms with Gasteiger partial charge in [0, 0.05) is 30.8 Å². The Morgan fingerprint density at radius 1 is 1.44 bits per heavy atom. The van der Waals surface area contributed by atoms with E-state index in [1.807, 2.05) is 25.3 Å². The van der Waals surface area contributed by atoms with Gasteiger partial charge in [0.05, 0.1) is 0 Å². The zero-order valence-corrected chi connectivity index (χ0v) is 8.90. The summed E-state index contributed by atoms with van der Waals surface area (Å²) >= 11 is 0. The standard InChI is InChI=1S/C10H12N2O.CO2/c1-7-2-3-8(5-11-7)9-4-10(13)12-6-9;2-1-3/h2-3,5,9H,4,6H2,1H3,(H,12,13);/t9-;/m0./s1. The van der Waals surface area contributed by atoms with Crippen molar-refractivity contribution in [3.63, 3.8) is 0 Å². The molecular formula is C11H12N2O3. The van der Waals surface area contributed by atoms with Crippen molar-refractivity contribution in [1.29, 1.82) is 0 Å². The molecule has 1 aromatic heterocycles. The molecule has 1 fully saturated rings. The maximum absolute atomic E-state index is 11.0. The van der Waals surface area contributed by atoms with E-state index in [1.54, 1.807) is 0 Å². The fourth-order valence-electron chi connectivity index (χ4n) is 1.56. The van der Waals surface area contributed by atoms with Gasteiger partial charge in [-0.2, -0.15) is 9.59 Å². The zero-order valence-electron chi connectivity index (χ0n) is 8.90. The highest BCUT2D eigenvalue weighted by Gasteiger charge is 2.22. The summed E-state index contributed by atoms with van der Waals surface area (Å²) in [6, 6.07) is 4.03.